The van der Waals surface area contributed by atoms with E-state index in [-0.39, 0.29) is 12.2 Å². The van der Waals surface area contributed by atoms with Crippen LogP contribution in [0.3, 0.4) is 0 Å². The molecule has 0 bridgehead atoms. The summed E-state index contributed by atoms with van der Waals surface area (Å²) in [5.74, 6) is 0.600. The molecule has 0 aromatic heterocycles. The predicted octanol–water partition coefficient (Wildman–Crippen LogP) is 3.96. The predicted molar refractivity (Wildman–Crippen MR) is 58.4 cm³/mol. The van der Waals surface area contributed by atoms with Gasteiger partial charge in [0.1, 0.15) is 0 Å². The van der Waals surface area contributed by atoms with E-state index in [2.05, 4.69) is 45.9 Å². The largest absolute Gasteiger partial charge is 0.366 e. The molecule has 2 rings (SSSR count). The van der Waals surface area contributed by atoms with Crippen molar-refractivity contribution >= 4 is 0 Å². The van der Waals surface area contributed by atoms with Gasteiger partial charge in [-0.3, -0.25) is 0 Å². The van der Waals surface area contributed by atoms with Crippen LogP contribution < -0.4 is 0 Å². The summed E-state index contributed by atoms with van der Waals surface area (Å²) in [6, 6.07) is 6.74. The smallest absolute Gasteiger partial charge is 0.0808 e. The van der Waals surface area contributed by atoms with Gasteiger partial charge >= 0.3 is 0 Å². The fourth-order valence-electron chi connectivity index (χ4n) is 2.13. The van der Waals surface area contributed by atoms with Crippen molar-refractivity contribution in [2.75, 3.05) is 0 Å². The monoisotopic (exact) mass is 190 g/mol. The van der Waals surface area contributed by atoms with Crippen molar-refractivity contribution in [1.29, 1.82) is 0 Å². The van der Waals surface area contributed by atoms with E-state index in [4.69, 9.17) is 4.74 Å². The lowest BCUT2D eigenvalue weighted by atomic mass is 9.95. The highest BCUT2D eigenvalue weighted by Crippen LogP contribution is 2.39. The first-order chi connectivity index (χ1) is 6.59. The van der Waals surface area contributed by atoms with Gasteiger partial charge in [-0.05, 0) is 36.5 Å². The second-order valence-electron chi connectivity index (χ2n) is 4.46. The molecule has 0 N–H and O–H groups in total. The van der Waals surface area contributed by atoms with Gasteiger partial charge in [-0.1, -0.05) is 32.0 Å². The quantitative estimate of drug-likeness (QED) is 0.651. The SMILES string of the molecule is CC(C)c1ccc2c(c1)C(C)OC2C. The van der Waals surface area contributed by atoms with Crippen LogP contribution >= 0.6 is 0 Å². The van der Waals surface area contributed by atoms with E-state index >= 15 is 0 Å². The second-order valence-corrected chi connectivity index (χ2v) is 4.46. The topological polar surface area (TPSA) is 9.23 Å². The van der Waals surface area contributed by atoms with Gasteiger partial charge in [-0.15, -0.1) is 0 Å². The molecule has 1 heteroatoms. The molecule has 2 atom stereocenters. The lowest BCUT2D eigenvalue weighted by Crippen LogP contribution is -1.93. The Balaban J connectivity index is 2.45. The number of hydrogen-bond donors (Lipinski definition) is 0. The maximum Gasteiger partial charge on any atom is 0.0808 e. The van der Waals surface area contributed by atoms with Crippen LogP contribution in [0.25, 0.3) is 0 Å². The minimum atomic E-state index is 0.263. The fraction of sp³-hybridized carbons (Fsp3) is 0.538. The molecule has 1 heterocycles. The van der Waals surface area contributed by atoms with E-state index in [1.807, 2.05) is 0 Å². The summed E-state index contributed by atoms with van der Waals surface area (Å²) in [7, 11) is 0. The highest BCUT2D eigenvalue weighted by molar-refractivity contribution is 5.38. The van der Waals surface area contributed by atoms with Crippen molar-refractivity contribution in [3.05, 3.63) is 34.9 Å². The van der Waals surface area contributed by atoms with Crippen molar-refractivity contribution in [3.63, 3.8) is 0 Å². The van der Waals surface area contributed by atoms with E-state index in [1.165, 1.54) is 16.7 Å². The molecule has 0 fully saturated rings. The van der Waals surface area contributed by atoms with Crippen molar-refractivity contribution in [2.45, 2.75) is 45.8 Å². The van der Waals surface area contributed by atoms with Crippen LogP contribution in [-0.2, 0) is 4.74 Å². The van der Waals surface area contributed by atoms with Crippen molar-refractivity contribution < 1.29 is 4.74 Å². The average molecular weight is 190 g/mol. The molecule has 1 aliphatic heterocycles. The third-order valence-corrected chi connectivity index (χ3v) is 3.06. The summed E-state index contributed by atoms with van der Waals surface area (Å²) >= 11 is 0. The number of ether oxygens (including phenoxy) is 1. The maximum atomic E-state index is 5.77. The van der Waals surface area contributed by atoms with Gasteiger partial charge in [0.05, 0.1) is 12.2 Å². The molecule has 0 aliphatic carbocycles. The number of hydrogen-bond acceptors (Lipinski definition) is 1. The summed E-state index contributed by atoms with van der Waals surface area (Å²) in [6.45, 7) is 8.71. The Kier molecular flexibility index (Phi) is 2.36. The molecule has 1 aliphatic rings. The molecule has 1 nitrogen and oxygen atoms in total. The van der Waals surface area contributed by atoms with Gasteiger partial charge in [0.2, 0.25) is 0 Å². The first-order valence-electron chi connectivity index (χ1n) is 5.38. The zero-order valence-corrected chi connectivity index (χ0v) is 9.37. The molecular formula is C13H18O. The van der Waals surface area contributed by atoms with Gasteiger partial charge in [-0.2, -0.15) is 0 Å². The van der Waals surface area contributed by atoms with Crippen LogP contribution in [0.1, 0.15) is 62.5 Å². The first kappa shape index (κ1) is 9.72. The highest BCUT2D eigenvalue weighted by Gasteiger charge is 2.25. The second kappa shape index (κ2) is 3.39. The van der Waals surface area contributed by atoms with Crippen LogP contribution in [-0.4, -0.2) is 0 Å². The Morgan fingerprint density at radius 3 is 2.36 bits per heavy atom. The molecule has 0 saturated heterocycles. The first-order valence-corrected chi connectivity index (χ1v) is 5.38. The summed E-state index contributed by atoms with van der Waals surface area (Å²) in [5.41, 5.74) is 4.15. The molecule has 14 heavy (non-hydrogen) atoms. The maximum absolute atomic E-state index is 5.77. The van der Waals surface area contributed by atoms with Crippen LogP contribution in [0.5, 0.6) is 0 Å². The van der Waals surface area contributed by atoms with Crippen LogP contribution in [0.15, 0.2) is 18.2 Å². The summed E-state index contributed by atoms with van der Waals surface area (Å²) in [6.07, 6.45) is 0.528. The average Bonchev–Trinajstić information content (AvgIpc) is 2.42. The van der Waals surface area contributed by atoms with Gasteiger partial charge in [0.25, 0.3) is 0 Å². The molecule has 0 spiro atoms. The molecular weight excluding hydrogens is 172 g/mol. The Hall–Kier alpha value is -0.820. The van der Waals surface area contributed by atoms with Gasteiger partial charge in [-0.25, -0.2) is 0 Å². The zero-order valence-electron chi connectivity index (χ0n) is 9.37. The third kappa shape index (κ3) is 1.46. The molecule has 1 aromatic rings. The molecule has 2 unspecified atom stereocenters. The fourth-order valence-corrected chi connectivity index (χ4v) is 2.13. The van der Waals surface area contributed by atoms with Crippen molar-refractivity contribution in [3.8, 4) is 0 Å². The standard InChI is InChI=1S/C13H18O/c1-8(2)11-5-6-12-9(3)14-10(4)13(12)7-11/h5-10H,1-4H3. The van der Waals surface area contributed by atoms with Crippen LogP contribution in [0.2, 0.25) is 0 Å². The lowest BCUT2D eigenvalue weighted by Gasteiger charge is -2.09. The molecule has 1 aromatic carbocycles. The van der Waals surface area contributed by atoms with E-state index in [0.717, 1.165) is 0 Å². The van der Waals surface area contributed by atoms with Crippen LogP contribution in [0, 0.1) is 0 Å². The van der Waals surface area contributed by atoms with E-state index in [1.54, 1.807) is 0 Å². The zero-order chi connectivity index (χ0) is 10.3. The summed E-state index contributed by atoms with van der Waals surface area (Å²) < 4.78 is 5.77. The molecule has 0 amide bonds. The highest BCUT2D eigenvalue weighted by atomic mass is 16.5. The Labute approximate surface area is 86.1 Å². The summed E-state index contributed by atoms with van der Waals surface area (Å²) in [4.78, 5) is 0. The minimum Gasteiger partial charge on any atom is -0.366 e. The van der Waals surface area contributed by atoms with Gasteiger partial charge < -0.3 is 4.74 Å². The minimum absolute atomic E-state index is 0.263. The number of fused-ring (bicyclic) bond motifs is 1. The Morgan fingerprint density at radius 1 is 1.07 bits per heavy atom. The van der Waals surface area contributed by atoms with Crippen LogP contribution in [0.4, 0.5) is 0 Å². The summed E-state index contributed by atoms with van der Waals surface area (Å²) in [5, 5.41) is 0. The Bertz CT molecular complexity index is 341. The molecule has 0 saturated carbocycles. The van der Waals surface area contributed by atoms with Crippen molar-refractivity contribution in [2.24, 2.45) is 0 Å². The third-order valence-electron chi connectivity index (χ3n) is 3.06. The van der Waals surface area contributed by atoms with Gasteiger partial charge in [0.15, 0.2) is 0 Å². The van der Waals surface area contributed by atoms with Gasteiger partial charge in [0, 0.05) is 0 Å². The molecule has 0 radical (unpaired) electrons. The van der Waals surface area contributed by atoms with E-state index in [0.29, 0.717) is 5.92 Å². The number of benzene rings is 1. The normalized spacial score (nSPS) is 25.5. The Morgan fingerprint density at radius 2 is 1.71 bits per heavy atom. The lowest BCUT2D eigenvalue weighted by molar-refractivity contribution is 0.0332. The molecule has 76 valence electrons. The van der Waals surface area contributed by atoms with Crippen molar-refractivity contribution in [1.82, 2.24) is 0 Å². The number of rotatable bonds is 1. The van der Waals surface area contributed by atoms with E-state index in [9.17, 15) is 0 Å². The van der Waals surface area contributed by atoms with E-state index < -0.39 is 0 Å².